The van der Waals surface area contributed by atoms with Crippen molar-refractivity contribution in [3.05, 3.63) is 11.8 Å². The number of likely N-dealkylation sites (tertiary alicyclic amines) is 1. The van der Waals surface area contributed by atoms with E-state index in [0.717, 1.165) is 36.5 Å². The van der Waals surface area contributed by atoms with E-state index in [0.29, 0.717) is 22.5 Å². The Hall–Kier alpha value is -0.790. The molecule has 0 radical (unpaired) electrons. The lowest BCUT2D eigenvalue weighted by Gasteiger charge is -2.62. The first kappa shape index (κ1) is 19.2. The number of allylic oxidation sites excluding steroid dienone is 2. The second-order valence-corrected chi connectivity index (χ2v) is 11.5. The molecule has 4 aliphatic carbocycles. The van der Waals surface area contributed by atoms with E-state index in [2.05, 4.69) is 31.7 Å². The molecule has 2 heteroatoms. The fourth-order valence-electron chi connectivity index (χ4n) is 8.82. The summed E-state index contributed by atoms with van der Waals surface area (Å²) in [5, 5.41) is 0. The summed E-state index contributed by atoms with van der Waals surface area (Å²) in [5.41, 5.74) is 2.58. The molecule has 3 saturated carbocycles. The van der Waals surface area contributed by atoms with E-state index in [4.69, 9.17) is 0 Å². The van der Waals surface area contributed by atoms with Crippen molar-refractivity contribution in [2.75, 3.05) is 13.1 Å². The molecule has 0 amide bonds. The Kier molecular flexibility index (Phi) is 4.71. The largest absolute Gasteiger partial charge is 0.375 e. The van der Waals surface area contributed by atoms with Gasteiger partial charge in [0.2, 0.25) is 0 Å². The Morgan fingerprint density at radius 3 is 2.64 bits per heavy atom. The van der Waals surface area contributed by atoms with Gasteiger partial charge in [0.1, 0.15) is 5.78 Å². The summed E-state index contributed by atoms with van der Waals surface area (Å²) in [4.78, 5) is 15.0. The maximum atomic E-state index is 12.3. The van der Waals surface area contributed by atoms with Crippen molar-refractivity contribution in [1.82, 2.24) is 4.90 Å². The van der Waals surface area contributed by atoms with E-state index in [1.165, 1.54) is 70.9 Å². The monoisotopic (exact) mass is 383 g/mol. The summed E-state index contributed by atoms with van der Waals surface area (Å²) in [6.45, 7) is 10.2. The Bertz CT molecular complexity index is 661. The molecule has 2 nitrogen and oxygen atoms in total. The van der Waals surface area contributed by atoms with Gasteiger partial charge in [-0.3, -0.25) is 4.79 Å². The molecule has 0 aromatic carbocycles. The predicted molar refractivity (Wildman–Crippen MR) is 115 cm³/mol. The number of hydrogen-bond donors (Lipinski definition) is 0. The van der Waals surface area contributed by atoms with Gasteiger partial charge in [-0.1, -0.05) is 33.3 Å². The first-order valence-corrected chi connectivity index (χ1v) is 12.4. The van der Waals surface area contributed by atoms with Crippen molar-refractivity contribution in [1.29, 1.82) is 0 Å². The molecule has 7 atom stereocenters. The Labute approximate surface area is 172 Å². The van der Waals surface area contributed by atoms with Crippen molar-refractivity contribution in [2.24, 2.45) is 40.4 Å². The zero-order valence-corrected chi connectivity index (χ0v) is 18.5. The van der Waals surface area contributed by atoms with Crippen LogP contribution in [0.1, 0.15) is 91.4 Å². The highest BCUT2D eigenvalue weighted by Crippen LogP contribution is 2.68. The predicted octanol–water partition coefficient (Wildman–Crippen LogP) is 6.21. The number of carbonyl (C=O) groups is 1. The lowest BCUT2D eigenvalue weighted by molar-refractivity contribution is -0.148. The summed E-state index contributed by atoms with van der Waals surface area (Å²) >= 11 is 0. The van der Waals surface area contributed by atoms with Gasteiger partial charge in [-0.05, 0) is 86.4 Å². The highest BCUT2D eigenvalue weighted by atomic mass is 16.1. The van der Waals surface area contributed by atoms with Gasteiger partial charge in [-0.25, -0.2) is 0 Å². The van der Waals surface area contributed by atoms with Crippen LogP contribution in [0.15, 0.2) is 11.8 Å². The number of nitrogens with zero attached hydrogens (tertiary/aromatic N) is 1. The molecule has 0 bridgehead atoms. The van der Waals surface area contributed by atoms with Gasteiger partial charge >= 0.3 is 0 Å². The molecule has 0 aromatic rings. The number of piperidine rings is 1. The zero-order valence-electron chi connectivity index (χ0n) is 18.5. The van der Waals surface area contributed by atoms with Crippen molar-refractivity contribution in [2.45, 2.75) is 91.4 Å². The normalized spacial score (nSPS) is 48.5. The molecule has 1 unspecified atom stereocenters. The fourth-order valence-corrected chi connectivity index (χ4v) is 8.82. The number of hydrogen-bond acceptors (Lipinski definition) is 2. The fraction of sp³-hybridized carbons (Fsp3) is 0.885. The third-order valence-corrected chi connectivity index (χ3v) is 10.4. The van der Waals surface area contributed by atoms with Crippen molar-refractivity contribution >= 4 is 5.78 Å². The number of rotatable bonds is 2. The minimum atomic E-state index is 0.416. The molecule has 0 N–H and O–H groups in total. The summed E-state index contributed by atoms with van der Waals surface area (Å²) in [7, 11) is 0. The highest BCUT2D eigenvalue weighted by Gasteiger charge is 2.61. The van der Waals surface area contributed by atoms with Gasteiger partial charge in [0.25, 0.3) is 0 Å². The molecule has 1 saturated heterocycles. The number of fused-ring (bicyclic) bond motifs is 5. The topological polar surface area (TPSA) is 20.3 Å². The molecule has 5 rings (SSSR count). The van der Waals surface area contributed by atoms with E-state index in [9.17, 15) is 4.79 Å². The van der Waals surface area contributed by atoms with Crippen LogP contribution in [0.4, 0.5) is 0 Å². The summed E-state index contributed by atoms with van der Waals surface area (Å²) < 4.78 is 0. The van der Waals surface area contributed by atoms with E-state index >= 15 is 0 Å². The third kappa shape index (κ3) is 2.68. The first-order valence-electron chi connectivity index (χ1n) is 12.4. The van der Waals surface area contributed by atoms with Crippen LogP contribution >= 0.6 is 0 Å². The summed E-state index contributed by atoms with van der Waals surface area (Å²) in [6, 6.07) is 0. The van der Waals surface area contributed by atoms with Gasteiger partial charge in [0.05, 0.1) is 0 Å². The molecule has 1 heterocycles. The van der Waals surface area contributed by atoms with Crippen LogP contribution < -0.4 is 0 Å². The molecule has 28 heavy (non-hydrogen) atoms. The SMILES string of the molecule is CC[C@@H]1CC2CC(=O)CC[C@]2(C)[C@H]2CC[C@]3(C)C(N4CCCCC4)=CC[C@H]3[C@H]12. The molecule has 0 aromatic heterocycles. The van der Waals surface area contributed by atoms with E-state index in [1.54, 1.807) is 5.70 Å². The van der Waals surface area contributed by atoms with Crippen LogP contribution in [0, 0.1) is 40.4 Å². The Balaban J connectivity index is 1.45. The van der Waals surface area contributed by atoms with Crippen LogP contribution in [0.2, 0.25) is 0 Å². The molecule has 1 aliphatic heterocycles. The number of carbonyl (C=O) groups excluding carboxylic acids is 1. The van der Waals surface area contributed by atoms with E-state index in [1.807, 2.05) is 0 Å². The minimum absolute atomic E-state index is 0.416. The quantitative estimate of drug-likeness (QED) is 0.564. The highest BCUT2D eigenvalue weighted by molar-refractivity contribution is 5.79. The second kappa shape index (κ2) is 6.88. The van der Waals surface area contributed by atoms with Gasteiger partial charge in [0, 0.05) is 37.0 Å². The van der Waals surface area contributed by atoms with Crippen LogP contribution in [0.5, 0.6) is 0 Å². The smallest absolute Gasteiger partial charge is 0.133 e. The Morgan fingerprint density at radius 1 is 1.11 bits per heavy atom. The lowest BCUT2D eigenvalue weighted by atomic mass is 9.42. The van der Waals surface area contributed by atoms with Gasteiger partial charge in [-0.15, -0.1) is 0 Å². The lowest BCUT2D eigenvalue weighted by Crippen LogP contribution is -2.57. The maximum Gasteiger partial charge on any atom is 0.133 e. The summed E-state index contributed by atoms with van der Waals surface area (Å²) in [5.74, 6) is 4.65. The average Bonchev–Trinajstić information content (AvgIpc) is 3.06. The Morgan fingerprint density at radius 2 is 1.89 bits per heavy atom. The molecule has 4 fully saturated rings. The van der Waals surface area contributed by atoms with Gasteiger partial charge in [-0.2, -0.15) is 0 Å². The average molecular weight is 384 g/mol. The standard InChI is InChI=1S/C26H41NO/c1-4-18-16-19-17-20(28)10-12-25(19,2)22-11-13-26(3)21(24(18)22)8-9-23(26)27-14-6-5-7-15-27/h9,18-19,21-22,24H,4-8,10-17H2,1-3H3/t18-,19?,21+,22+,24+,25+,26+/m1/s1. The zero-order chi connectivity index (χ0) is 19.5. The first-order chi connectivity index (χ1) is 13.5. The molecule has 0 spiro atoms. The minimum Gasteiger partial charge on any atom is -0.375 e. The van der Waals surface area contributed by atoms with Crippen molar-refractivity contribution in [3.8, 4) is 0 Å². The summed E-state index contributed by atoms with van der Waals surface area (Å²) in [6.07, 6.45) is 16.5. The van der Waals surface area contributed by atoms with Crippen LogP contribution in [0.25, 0.3) is 0 Å². The molecular weight excluding hydrogens is 342 g/mol. The number of Topliss-reactive ketones (excluding diaryl/α,β-unsaturated/α-hetero) is 1. The second-order valence-electron chi connectivity index (χ2n) is 11.5. The molecular formula is C26H41NO. The van der Waals surface area contributed by atoms with Crippen molar-refractivity contribution in [3.63, 3.8) is 0 Å². The van der Waals surface area contributed by atoms with Crippen LogP contribution in [0.3, 0.4) is 0 Å². The van der Waals surface area contributed by atoms with Crippen LogP contribution in [-0.2, 0) is 4.79 Å². The number of ketones is 1. The van der Waals surface area contributed by atoms with Gasteiger partial charge < -0.3 is 4.90 Å². The molecule has 156 valence electrons. The van der Waals surface area contributed by atoms with E-state index in [-0.39, 0.29) is 0 Å². The van der Waals surface area contributed by atoms with E-state index < -0.39 is 0 Å². The third-order valence-electron chi connectivity index (χ3n) is 10.4. The van der Waals surface area contributed by atoms with Crippen molar-refractivity contribution < 1.29 is 4.79 Å². The van der Waals surface area contributed by atoms with Gasteiger partial charge in [0.15, 0.2) is 0 Å². The van der Waals surface area contributed by atoms with Crippen LogP contribution in [-0.4, -0.2) is 23.8 Å². The maximum absolute atomic E-state index is 12.3. The molecule has 5 aliphatic rings.